The highest BCUT2D eigenvalue weighted by molar-refractivity contribution is 5.87. The van der Waals surface area contributed by atoms with Gasteiger partial charge in [0, 0.05) is 54.3 Å². The van der Waals surface area contributed by atoms with Gasteiger partial charge in [-0.2, -0.15) is 0 Å². The second-order valence-electron chi connectivity index (χ2n) is 9.28. The van der Waals surface area contributed by atoms with Gasteiger partial charge in [0.05, 0.1) is 18.8 Å². The Morgan fingerprint density at radius 2 is 2.05 bits per heavy atom. The van der Waals surface area contributed by atoms with Crippen LogP contribution in [0.25, 0.3) is 28.2 Å². The molecule has 1 N–H and O–H groups in total. The summed E-state index contributed by atoms with van der Waals surface area (Å²) in [7, 11) is 1.60. The van der Waals surface area contributed by atoms with Crippen LogP contribution >= 0.6 is 0 Å². The van der Waals surface area contributed by atoms with Crippen LogP contribution in [0, 0.1) is 0 Å². The molecule has 3 aromatic heterocycles. The van der Waals surface area contributed by atoms with Gasteiger partial charge in [0.25, 0.3) is 0 Å². The molecule has 1 atom stereocenters. The lowest BCUT2D eigenvalue weighted by atomic mass is 9.99. The molecule has 0 saturated carbocycles. The van der Waals surface area contributed by atoms with Gasteiger partial charge in [0.1, 0.15) is 18.1 Å². The number of rotatable bonds is 6. The van der Waals surface area contributed by atoms with Crippen LogP contribution in [-0.2, 0) is 4.79 Å². The molecule has 5 heterocycles. The first-order chi connectivity index (χ1) is 18.1. The van der Waals surface area contributed by atoms with E-state index in [1.165, 1.54) is 6.08 Å². The highest BCUT2D eigenvalue weighted by Gasteiger charge is 2.30. The molecule has 4 aromatic rings. The lowest BCUT2D eigenvalue weighted by molar-refractivity contribution is -0.127. The molecule has 0 unspecified atom stereocenters. The van der Waals surface area contributed by atoms with Crippen molar-refractivity contribution in [3.05, 3.63) is 73.1 Å². The molecule has 2 aliphatic heterocycles. The average Bonchev–Trinajstić information content (AvgIpc) is 3.54. The third-order valence-corrected chi connectivity index (χ3v) is 7.08. The van der Waals surface area contributed by atoms with Crippen molar-refractivity contribution in [1.29, 1.82) is 0 Å². The molecule has 0 spiro atoms. The van der Waals surface area contributed by atoms with E-state index < -0.39 is 0 Å². The Kier molecular flexibility index (Phi) is 6.05. The number of nitrogens with zero attached hydrogens (tertiary/aromatic N) is 5. The first-order valence-electron chi connectivity index (χ1n) is 12.4. The molecule has 9 nitrogen and oxygen atoms in total. The number of amides is 1. The van der Waals surface area contributed by atoms with Crippen LogP contribution in [0.15, 0.2) is 67.5 Å². The van der Waals surface area contributed by atoms with E-state index in [9.17, 15) is 4.79 Å². The molecule has 1 fully saturated rings. The summed E-state index contributed by atoms with van der Waals surface area (Å²) in [5, 5.41) is 8.36. The number of fused-ring (bicyclic) bond motifs is 2. The van der Waals surface area contributed by atoms with E-state index in [0.29, 0.717) is 18.5 Å². The standard InChI is InChI=1S/C28H28N6O3/c1-3-26(35)33-13-10-20(11-14-33)30-22-17-37-23-15-18(6-7-21(22)23)27-28(19-5-4-12-29-16-19)34-24(31-27)8-9-25(32-34)36-2/h3-9,12,15-16,20,22,30H,1,10-11,13-14,17H2,2H3/t22-/m0/s1. The van der Waals surface area contributed by atoms with Gasteiger partial charge in [-0.1, -0.05) is 18.7 Å². The smallest absolute Gasteiger partial charge is 0.245 e. The van der Waals surface area contributed by atoms with Crippen molar-refractivity contribution in [1.82, 2.24) is 29.8 Å². The lowest BCUT2D eigenvalue weighted by Crippen LogP contribution is -2.45. The minimum absolute atomic E-state index is 0.00627. The van der Waals surface area contributed by atoms with Crippen molar-refractivity contribution in [2.75, 3.05) is 26.8 Å². The Morgan fingerprint density at radius 3 is 2.81 bits per heavy atom. The first-order valence-corrected chi connectivity index (χ1v) is 12.4. The maximum Gasteiger partial charge on any atom is 0.245 e. The molecule has 1 aromatic carbocycles. The molecule has 1 saturated heterocycles. The van der Waals surface area contributed by atoms with E-state index in [1.54, 1.807) is 23.9 Å². The number of hydrogen-bond donors (Lipinski definition) is 1. The summed E-state index contributed by atoms with van der Waals surface area (Å²) < 4.78 is 13.3. The molecular weight excluding hydrogens is 468 g/mol. The Labute approximate surface area is 214 Å². The van der Waals surface area contributed by atoms with Crippen molar-refractivity contribution in [3.63, 3.8) is 0 Å². The number of pyridine rings is 1. The predicted octanol–water partition coefficient (Wildman–Crippen LogP) is 3.67. The summed E-state index contributed by atoms with van der Waals surface area (Å²) in [5.41, 5.74) is 5.36. The minimum Gasteiger partial charge on any atom is -0.491 e. The number of ether oxygens (including phenoxy) is 2. The number of imidazole rings is 1. The van der Waals surface area contributed by atoms with E-state index in [0.717, 1.165) is 65.4 Å². The fourth-order valence-corrected chi connectivity index (χ4v) is 5.16. The molecule has 37 heavy (non-hydrogen) atoms. The zero-order chi connectivity index (χ0) is 25.4. The second-order valence-corrected chi connectivity index (χ2v) is 9.28. The summed E-state index contributed by atoms with van der Waals surface area (Å²) in [4.78, 5) is 23.0. The van der Waals surface area contributed by atoms with Crippen molar-refractivity contribution < 1.29 is 14.3 Å². The summed E-state index contributed by atoms with van der Waals surface area (Å²) in [5.74, 6) is 1.37. The Balaban J connectivity index is 1.29. The van der Waals surface area contributed by atoms with Gasteiger partial charge in [0.2, 0.25) is 11.8 Å². The third-order valence-electron chi connectivity index (χ3n) is 7.08. The lowest BCUT2D eigenvalue weighted by Gasteiger charge is -2.33. The van der Waals surface area contributed by atoms with E-state index in [-0.39, 0.29) is 11.9 Å². The molecule has 0 radical (unpaired) electrons. The Bertz CT molecular complexity index is 1460. The normalized spacial score (nSPS) is 17.4. The van der Waals surface area contributed by atoms with Gasteiger partial charge in [-0.25, -0.2) is 9.50 Å². The fourth-order valence-electron chi connectivity index (χ4n) is 5.16. The number of carbonyl (C=O) groups is 1. The van der Waals surface area contributed by atoms with E-state index in [1.807, 2.05) is 29.3 Å². The van der Waals surface area contributed by atoms with E-state index in [4.69, 9.17) is 14.5 Å². The van der Waals surface area contributed by atoms with Crippen molar-refractivity contribution in [2.24, 2.45) is 0 Å². The van der Waals surface area contributed by atoms with Gasteiger partial charge in [-0.15, -0.1) is 5.10 Å². The number of benzene rings is 1. The number of carbonyl (C=O) groups excluding carboxylic acids is 1. The average molecular weight is 497 g/mol. The second kappa shape index (κ2) is 9.67. The molecule has 188 valence electrons. The van der Waals surface area contributed by atoms with E-state index in [2.05, 4.69) is 40.2 Å². The third kappa shape index (κ3) is 4.31. The Hall–Kier alpha value is -4.24. The predicted molar refractivity (Wildman–Crippen MR) is 139 cm³/mol. The van der Waals surface area contributed by atoms with Gasteiger partial charge in [-0.3, -0.25) is 9.78 Å². The molecule has 6 rings (SSSR count). The number of methoxy groups -OCH3 is 1. The van der Waals surface area contributed by atoms with Crippen LogP contribution in [0.1, 0.15) is 24.4 Å². The number of hydrogen-bond acceptors (Lipinski definition) is 7. The zero-order valence-corrected chi connectivity index (χ0v) is 20.6. The summed E-state index contributed by atoms with van der Waals surface area (Å²) in [6.07, 6.45) is 6.77. The number of likely N-dealkylation sites (tertiary alicyclic amines) is 1. The molecule has 9 heteroatoms. The van der Waals surface area contributed by atoms with Crippen LogP contribution in [0.2, 0.25) is 0 Å². The number of piperidine rings is 1. The molecule has 0 aliphatic carbocycles. The topological polar surface area (TPSA) is 93.9 Å². The SMILES string of the molecule is C=CC(=O)N1CCC(N[C@H]2COc3cc(-c4nc5ccc(OC)nn5c4-c4cccnc4)ccc32)CC1. The monoisotopic (exact) mass is 496 g/mol. The zero-order valence-electron chi connectivity index (χ0n) is 20.6. The maximum atomic E-state index is 11.9. The number of aromatic nitrogens is 4. The van der Waals surface area contributed by atoms with Crippen LogP contribution < -0.4 is 14.8 Å². The van der Waals surface area contributed by atoms with Crippen molar-refractivity contribution in [2.45, 2.75) is 24.9 Å². The number of nitrogens with one attached hydrogen (secondary N) is 1. The van der Waals surface area contributed by atoms with Gasteiger partial charge >= 0.3 is 0 Å². The molecule has 2 aliphatic rings. The van der Waals surface area contributed by atoms with Crippen LogP contribution in [0.5, 0.6) is 11.6 Å². The summed E-state index contributed by atoms with van der Waals surface area (Å²) in [6.45, 7) is 5.65. The van der Waals surface area contributed by atoms with Gasteiger partial charge in [-0.05, 0) is 43.2 Å². The van der Waals surface area contributed by atoms with Crippen LogP contribution in [0.3, 0.4) is 0 Å². The fraction of sp³-hybridized carbons (Fsp3) is 0.286. The van der Waals surface area contributed by atoms with Gasteiger partial charge in [0.15, 0.2) is 5.65 Å². The van der Waals surface area contributed by atoms with Crippen LogP contribution in [-0.4, -0.2) is 63.2 Å². The van der Waals surface area contributed by atoms with Crippen molar-refractivity contribution >= 4 is 11.6 Å². The largest absolute Gasteiger partial charge is 0.491 e. The quantitative estimate of drug-likeness (QED) is 0.407. The first kappa shape index (κ1) is 23.2. The highest BCUT2D eigenvalue weighted by atomic mass is 16.5. The van der Waals surface area contributed by atoms with Gasteiger partial charge < -0.3 is 19.7 Å². The summed E-state index contributed by atoms with van der Waals surface area (Å²) >= 11 is 0. The Morgan fingerprint density at radius 1 is 1.19 bits per heavy atom. The van der Waals surface area contributed by atoms with Crippen LogP contribution in [0.4, 0.5) is 0 Å². The molecular formula is C28H28N6O3. The minimum atomic E-state index is 0.00627. The molecule has 1 amide bonds. The highest BCUT2D eigenvalue weighted by Crippen LogP contribution is 2.39. The molecule has 0 bridgehead atoms. The van der Waals surface area contributed by atoms with Crippen molar-refractivity contribution in [3.8, 4) is 34.1 Å². The van der Waals surface area contributed by atoms with E-state index >= 15 is 0 Å². The maximum absolute atomic E-state index is 11.9. The summed E-state index contributed by atoms with van der Waals surface area (Å²) in [6, 6.07) is 14.3.